The quantitative estimate of drug-likeness (QED) is 0.383. The maximum atomic E-state index is 13.6. The molecular formula is C35H53N2O4V-5. The Morgan fingerprint density at radius 1 is 0.690 bits per heavy atom. The molecule has 0 heterocycles. The fraction of sp³-hybridized carbons (Fsp3) is 0.629. The van der Waals surface area contributed by atoms with E-state index in [9.17, 15) is 15.3 Å². The van der Waals surface area contributed by atoms with Crippen LogP contribution in [0.15, 0.2) is 24.3 Å². The molecule has 6 nitrogen and oxygen atoms in total. The van der Waals surface area contributed by atoms with Gasteiger partial charge in [0, 0.05) is 38.6 Å². The standard InChI is InChI=1S/C33H52NO3.C2H3N.O.V/c1-21(35)18-34(19-22-14-24(30(2,3)4)16-26(28(22)36)32(8,9)10)20-23-15-25(31(5,6)7)17-27(29(23)37)33(11,12)13;1-2-3;;/h14-17,21,36-37H,18-20H2,1-13H3;1H3;;/q-1;;-2;/p-2/t21-;;;/m0.../s1. The van der Waals surface area contributed by atoms with Crippen LogP contribution in [0.25, 0.3) is 0 Å². The summed E-state index contributed by atoms with van der Waals surface area (Å²) in [5.41, 5.74) is 4.34. The topological polar surface area (TPSA) is 125 Å². The molecule has 0 fully saturated rings. The largest absolute Gasteiger partial charge is 2.00 e. The average molecular weight is 617 g/mol. The van der Waals surface area contributed by atoms with Crippen molar-refractivity contribution >= 4 is 0 Å². The molecule has 2 rings (SSSR count). The zero-order chi connectivity index (χ0) is 31.4. The van der Waals surface area contributed by atoms with Crippen molar-refractivity contribution in [3.8, 4) is 17.6 Å². The summed E-state index contributed by atoms with van der Waals surface area (Å²) < 4.78 is 0. The van der Waals surface area contributed by atoms with Crippen LogP contribution in [0.4, 0.5) is 0 Å². The van der Waals surface area contributed by atoms with Gasteiger partial charge in [0.05, 0.1) is 6.07 Å². The maximum absolute atomic E-state index is 13.6. The van der Waals surface area contributed by atoms with Crippen LogP contribution in [0.3, 0.4) is 0 Å². The summed E-state index contributed by atoms with van der Waals surface area (Å²) in [7, 11) is 0. The van der Waals surface area contributed by atoms with Crippen LogP contribution in [0, 0.1) is 11.3 Å². The molecule has 7 heteroatoms. The molecule has 1 radical (unpaired) electrons. The molecule has 0 N–H and O–H groups in total. The Labute approximate surface area is 268 Å². The van der Waals surface area contributed by atoms with E-state index < -0.39 is 6.10 Å². The third-order valence-corrected chi connectivity index (χ3v) is 6.98. The summed E-state index contributed by atoms with van der Waals surface area (Å²) in [5.74, 6) is 0.0652. The third-order valence-electron chi connectivity index (χ3n) is 6.98. The first-order chi connectivity index (χ1) is 17.9. The van der Waals surface area contributed by atoms with E-state index in [-0.39, 0.29) is 63.7 Å². The van der Waals surface area contributed by atoms with Crippen molar-refractivity contribution in [2.75, 3.05) is 6.54 Å². The van der Waals surface area contributed by atoms with Gasteiger partial charge in [-0.25, -0.2) is 0 Å². The van der Waals surface area contributed by atoms with Gasteiger partial charge in [0.15, 0.2) is 0 Å². The van der Waals surface area contributed by atoms with Gasteiger partial charge in [0.2, 0.25) is 0 Å². The first-order valence-electron chi connectivity index (χ1n) is 14.3. The van der Waals surface area contributed by atoms with E-state index in [1.54, 1.807) is 13.0 Å². The molecular weight excluding hydrogens is 563 g/mol. The zero-order valence-corrected chi connectivity index (χ0v) is 29.9. The number of benzene rings is 2. The molecule has 0 amide bonds. The molecule has 0 spiro atoms. The second kappa shape index (κ2) is 15.6. The minimum Gasteiger partial charge on any atom is -2.00 e. The molecule has 0 saturated heterocycles. The number of hydrogen-bond donors (Lipinski definition) is 0. The molecule has 0 unspecified atom stereocenters. The van der Waals surface area contributed by atoms with E-state index in [0.717, 1.165) is 22.3 Å². The fourth-order valence-corrected chi connectivity index (χ4v) is 4.62. The maximum Gasteiger partial charge on any atom is 0.0587 e. The smallest absolute Gasteiger partial charge is 0.0587 e. The van der Waals surface area contributed by atoms with Gasteiger partial charge in [-0.2, -0.15) is 5.26 Å². The van der Waals surface area contributed by atoms with Crippen molar-refractivity contribution < 1.29 is 39.4 Å². The van der Waals surface area contributed by atoms with Gasteiger partial charge in [-0.3, -0.25) is 4.90 Å². The van der Waals surface area contributed by atoms with Gasteiger partial charge in [-0.05, 0) is 61.6 Å². The Bertz CT molecular complexity index is 1100. The minimum absolute atomic E-state index is 0. The van der Waals surface area contributed by atoms with Crippen molar-refractivity contribution in [3.63, 3.8) is 0 Å². The van der Waals surface area contributed by atoms with E-state index in [2.05, 4.69) is 83.1 Å². The average Bonchev–Trinajstić information content (AvgIpc) is 2.73. The number of hydrogen-bond acceptors (Lipinski definition) is 5. The molecule has 2 aromatic carbocycles. The summed E-state index contributed by atoms with van der Waals surface area (Å²) in [4.78, 5) is 1.99. The van der Waals surface area contributed by atoms with Gasteiger partial charge in [-0.1, -0.05) is 114 Å². The summed E-state index contributed by atoms with van der Waals surface area (Å²) in [6, 6.07) is 9.85. The van der Waals surface area contributed by atoms with Crippen LogP contribution in [-0.2, 0) is 58.8 Å². The van der Waals surface area contributed by atoms with Gasteiger partial charge >= 0.3 is 0 Å². The minimum atomic E-state index is -0.842. The number of nitriles is 1. The van der Waals surface area contributed by atoms with Crippen molar-refractivity contribution in [1.82, 2.24) is 4.90 Å². The Morgan fingerprint density at radius 2 is 0.976 bits per heavy atom. The molecule has 0 aliphatic rings. The Balaban J connectivity index is 0. The van der Waals surface area contributed by atoms with E-state index in [0.29, 0.717) is 24.2 Å². The van der Waals surface area contributed by atoms with Gasteiger partial charge in [0.1, 0.15) is 0 Å². The Kier molecular flexibility index (Phi) is 15.7. The molecule has 1 atom stereocenters. The van der Waals surface area contributed by atoms with Crippen LogP contribution in [0.1, 0.15) is 130 Å². The van der Waals surface area contributed by atoms with Crippen LogP contribution < -0.4 is 15.3 Å². The molecule has 0 aliphatic carbocycles. The monoisotopic (exact) mass is 616 g/mol. The number of rotatable bonds is 6. The molecule has 0 bridgehead atoms. The molecule has 42 heavy (non-hydrogen) atoms. The summed E-state index contributed by atoms with van der Waals surface area (Å²) in [5, 5.41) is 47.0. The first-order valence-corrected chi connectivity index (χ1v) is 14.3. The van der Waals surface area contributed by atoms with Gasteiger partial charge in [0.25, 0.3) is 0 Å². The molecule has 237 valence electrons. The molecule has 0 aliphatic heterocycles. The summed E-state index contributed by atoms with van der Waals surface area (Å²) in [6.45, 7) is 29.3. The molecule has 0 saturated carbocycles. The van der Waals surface area contributed by atoms with Crippen molar-refractivity contribution in [1.29, 1.82) is 5.26 Å². The van der Waals surface area contributed by atoms with Crippen molar-refractivity contribution in [2.45, 2.75) is 138 Å². The van der Waals surface area contributed by atoms with E-state index in [1.165, 1.54) is 6.92 Å². The summed E-state index contributed by atoms with van der Waals surface area (Å²) in [6.07, 6.45) is -0.842. The fourth-order valence-electron chi connectivity index (χ4n) is 4.62. The predicted octanol–water partition coefficient (Wildman–Crippen LogP) is 6.18. The van der Waals surface area contributed by atoms with Crippen LogP contribution in [-0.4, -0.2) is 17.5 Å². The van der Waals surface area contributed by atoms with Crippen LogP contribution in [0.5, 0.6) is 11.5 Å². The first kappa shape index (κ1) is 42.1. The second-order valence-electron chi connectivity index (χ2n) is 15.2. The predicted molar refractivity (Wildman–Crippen MR) is 162 cm³/mol. The summed E-state index contributed by atoms with van der Waals surface area (Å²) >= 11 is 0. The SMILES string of the molecule is CC#N.C[C@H]([O-])CN(Cc1cc(C(C)(C)C)cc(C(C)(C)C)c1[O-])Cc1cc(C(C)(C)C)cc(C(C)(C)C)c1[O-].[O-2].[V]. The molecule has 2 aromatic rings. The van der Waals surface area contributed by atoms with E-state index in [4.69, 9.17) is 5.26 Å². The van der Waals surface area contributed by atoms with Crippen molar-refractivity contribution in [2.24, 2.45) is 0 Å². The van der Waals surface area contributed by atoms with Crippen LogP contribution >= 0.6 is 0 Å². The Morgan fingerprint density at radius 3 is 1.19 bits per heavy atom. The van der Waals surface area contributed by atoms with Gasteiger partial charge in [-0.15, -0.1) is 17.6 Å². The molecule has 0 aromatic heterocycles. The second-order valence-corrected chi connectivity index (χ2v) is 15.2. The van der Waals surface area contributed by atoms with E-state index >= 15 is 0 Å². The van der Waals surface area contributed by atoms with Gasteiger partial charge < -0.3 is 20.8 Å². The van der Waals surface area contributed by atoms with Crippen molar-refractivity contribution in [3.05, 3.63) is 57.6 Å². The van der Waals surface area contributed by atoms with E-state index in [1.807, 2.05) is 29.2 Å². The van der Waals surface area contributed by atoms with Crippen LogP contribution in [0.2, 0.25) is 0 Å². The zero-order valence-electron chi connectivity index (χ0n) is 28.5. The number of nitrogens with zero attached hydrogens (tertiary/aromatic N) is 2. The Hall–Kier alpha value is -2.01. The normalized spacial score (nSPS) is 12.8. The third kappa shape index (κ3) is 11.9.